The molecule has 23 heavy (non-hydrogen) atoms. The van der Waals surface area contributed by atoms with Crippen molar-refractivity contribution in [2.24, 2.45) is 0 Å². The van der Waals surface area contributed by atoms with Gasteiger partial charge in [0.1, 0.15) is 0 Å². The van der Waals surface area contributed by atoms with Crippen LogP contribution in [-0.4, -0.2) is 30.9 Å². The van der Waals surface area contributed by atoms with Gasteiger partial charge in [-0.05, 0) is 50.2 Å². The van der Waals surface area contributed by atoms with Crippen molar-refractivity contribution in [1.29, 1.82) is 0 Å². The molecule has 0 unspecified atom stereocenters. The van der Waals surface area contributed by atoms with E-state index in [1.165, 1.54) is 0 Å². The molecule has 1 amide bonds. The normalized spacial score (nSPS) is 10.6. The molecule has 2 rings (SSSR count). The van der Waals surface area contributed by atoms with Crippen LogP contribution in [0, 0.1) is 0 Å². The monoisotopic (exact) mass is 330 g/mol. The minimum absolute atomic E-state index is 0.0547. The van der Waals surface area contributed by atoms with Crippen molar-refractivity contribution in [2.75, 3.05) is 20.1 Å². The van der Waals surface area contributed by atoms with Crippen LogP contribution >= 0.6 is 11.6 Å². The summed E-state index contributed by atoms with van der Waals surface area (Å²) in [4.78, 5) is 14.8. The summed E-state index contributed by atoms with van der Waals surface area (Å²) >= 11 is 6.23. The van der Waals surface area contributed by atoms with Crippen LogP contribution in [-0.2, 0) is 13.0 Å². The highest BCUT2D eigenvalue weighted by Crippen LogP contribution is 2.19. The van der Waals surface area contributed by atoms with Crippen molar-refractivity contribution in [2.45, 2.75) is 19.9 Å². The lowest BCUT2D eigenvalue weighted by Gasteiger charge is -2.23. The van der Waals surface area contributed by atoms with Crippen LogP contribution in [0.4, 0.5) is 0 Å². The van der Waals surface area contributed by atoms with Gasteiger partial charge in [0, 0.05) is 23.7 Å². The molecule has 0 aliphatic heterocycles. The SMILES string of the molecule is CCN(Cc1ccccc1Cl)C(=O)c1ccccc1CCNC. The highest BCUT2D eigenvalue weighted by atomic mass is 35.5. The van der Waals surface area contributed by atoms with Gasteiger partial charge in [0.15, 0.2) is 0 Å². The lowest BCUT2D eigenvalue weighted by molar-refractivity contribution is 0.0751. The first-order chi connectivity index (χ1) is 11.2. The molecular formula is C19H23ClN2O. The third-order valence-electron chi connectivity index (χ3n) is 3.88. The van der Waals surface area contributed by atoms with Gasteiger partial charge in [0.05, 0.1) is 0 Å². The predicted molar refractivity (Wildman–Crippen MR) is 95.9 cm³/mol. The quantitative estimate of drug-likeness (QED) is 0.838. The van der Waals surface area contributed by atoms with Gasteiger partial charge in [0.25, 0.3) is 5.91 Å². The molecule has 2 aromatic rings. The van der Waals surface area contributed by atoms with Gasteiger partial charge in [-0.1, -0.05) is 48.0 Å². The topological polar surface area (TPSA) is 32.3 Å². The van der Waals surface area contributed by atoms with Gasteiger partial charge in [-0.3, -0.25) is 4.79 Å². The van der Waals surface area contributed by atoms with Crippen molar-refractivity contribution >= 4 is 17.5 Å². The Hall–Kier alpha value is -1.84. The van der Waals surface area contributed by atoms with Crippen molar-refractivity contribution in [3.8, 4) is 0 Å². The summed E-state index contributed by atoms with van der Waals surface area (Å²) in [6.07, 6.45) is 0.835. The Labute approximate surface area is 143 Å². The van der Waals surface area contributed by atoms with Crippen LogP contribution in [0.2, 0.25) is 5.02 Å². The van der Waals surface area contributed by atoms with E-state index in [9.17, 15) is 4.79 Å². The Morgan fingerprint density at radius 1 is 1.09 bits per heavy atom. The molecule has 0 aliphatic rings. The molecule has 0 aliphatic carbocycles. The number of carbonyl (C=O) groups excluding carboxylic acids is 1. The maximum absolute atomic E-state index is 12.9. The van der Waals surface area contributed by atoms with Gasteiger partial charge in [0.2, 0.25) is 0 Å². The van der Waals surface area contributed by atoms with E-state index in [1.807, 2.05) is 67.4 Å². The first kappa shape index (κ1) is 17.5. The second-order valence-corrected chi connectivity index (χ2v) is 5.83. The Morgan fingerprint density at radius 3 is 2.39 bits per heavy atom. The number of rotatable bonds is 7. The van der Waals surface area contributed by atoms with E-state index >= 15 is 0 Å². The zero-order chi connectivity index (χ0) is 16.7. The number of nitrogens with one attached hydrogen (secondary N) is 1. The Morgan fingerprint density at radius 2 is 1.74 bits per heavy atom. The molecule has 0 fully saturated rings. The van der Waals surface area contributed by atoms with E-state index in [4.69, 9.17) is 11.6 Å². The van der Waals surface area contributed by atoms with E-state index in [-0.39, 0.29) is 5.91 Å². The number of hydrogen-bond donors (Lipinski definition) is 1. The maximum Gasteiger partial charge on any atom is 0.254 e. The molecule has 0 bridgehead atoms. The minimum Gasteiger partial charge on any atom is -0.335 e. The fourth-order valence-electron chi connectivity index (χ4n) is 2.54. The number of nitrogens with zero attached hydrogens (tertiary/aromatic N) is 1. The van der Waals surface area contributed by atoms with Crippen molar-refractivity contribution in [3.63, 3.8) is 0 Å². The summed E-state index contributed by atoms with van der Waals surface area (Å²) in [5.74, 6) is 0.0547. The molecule has 1 N–H and O–H groups in total. The van der Waals surface area contributed by atoms with Crippen LogP contribution in [0.25, 0.3) is 0 Å². The van der Waals surface area contributed by atoms with E-state index in [0.29, 0.717) is 18.1 Å². The molecule has 0 spiro atoms. The summed E-state index contributed by atoms with van der Waals surface area (Å²) < 4.78 is 0. The lowest BCUT2D eigenvalue weighted by atomic mass is 10.0. The van der Waals surface area contributed by atoms with Crippen molar-refractivity contribution < 1.29 is 4.79 Å². The highest BCUT2D eigenvalue weighted by molar-refractivity contribution is 6.31. The van der Waals surface area contributed by atoms with Gasteiger partial charge in [-0.2, -0.15) is 0 Å². The molecule has 2 aromatic carbocycles. The molecule has 122 valence electrons. The molecular weight excluding hydrogens is 308 g/mol. The molecule has 3 nitrogen and oxygen atoms in total. The molecule has 0 aromatic heterocycles. The summed E-state index contributed by atoms with van der Waals surface area (Å²) in [6.45, 7) is 4.01. The number of hydrogen-bond acceptors (Lipinski definition) is 2. The summed E-state index contributed by atoms with van der Waals surface area (Å²) in [5, 5.41) is 3.83. The Bertz CT molecular complexity index is 657. The minimum atomic E-state index is 0.0547. The second-order valence-electron chi connectivity index (χ2n) is 5.42. The van der Waals surface area contributed by atoms with Crippen LogP contribution in [0.15, 0.2) is 48.5 Å². The van der Waals surface area contributed by atoms with Crippen LogP contribution in [0.3, 0.4) is 0 Å². The van der Waals surface area contributed by atoms with Gasteiger partial charge >= 0.3 is 0 Å². The molecule has 0 saturated carbocycles. The van der Waals surface area contributed by atoms with Crippen LogP contribution in [0.1, 0.15) is 28.4 Å². The largest absolute Gasteiger partial charge is 0.335 e. The fourth-order valence-corrected chi connectivity index (χ4v) is 2.73. The predicted octanol–water partition coefficient (Wildman–Crippen LogP) is 3.76. The molecule has 0 atom stereocenters. The summed E-state index contributed by atoms with van der Waals surface area (Å²) in [6, 6.07) is 15.5. The van der Waals surface area contributed by atoms with Crippen molar-refractivity contribution in [3.05, 3.63) is 70.2 Å². The van der Waals surface area contributed by atoms with Gasteiger partial charge in [-0.15, -0.1) is 0 Å². The van der Waals surface area contributed by atoms with E-state index in [2.05, 4.69) is 5.32 Å². The van der Waals surface area contributed by atoms with Gasteiger partial charge in [-0.25, -0.2) is 0 Å². The van der Waals surface area contributed by atoms with Crippen LogP contribution in [0.5, 0.6) is 0 Å². The lowest BCUT2D eigenvalue weighted by Crippen LogP contribution is -2.31. The number of halogens is 1. The zero-order valence-corrected chi connectivity index (χ0v) is 14.4. The number of benzene rings is 2. The highest BCUT2D eigenvalue weighted by Gasteiger charge is 2.18. The Balaban J connectivity index is 2.22. The maximum atomic E-state index is 12.9. The van der Waals surface area contributed by atoms with Crippen LogP contribution < -0.4 is 5.32 Å². The Kier molecular flexibility index (Phi) is 6.63. The van der Waals surface area contributed by atoms with E-state index in [1.54, 1.807) is 0 Å². The summed E-state index contributed by atoms with van der Waals surface area (Å²) in [7, 11) is 1.92. The third-order valence-corrected chi connectivity index (χ3v) is 4.25. The second kappa shape index (κ2) is 8.70. The smallest absolute Gasteiger partial charge is 0.254 e. The first-order valence-corrected chi connectivity index (χ1v) is 8.30. The molecule has 0 radical (unpaired) electrons. The van der Waals surface area contributed by atoms with Gasteiger partial charge < -0.3 is 10.2 Å². The first-order valence-electron chi connectivity index (χ1n) is 7.92. The molecule has 0 saturated heterocycles. The number of amides is 1. The standard InChI is InChI=1S/C19H23ClN2O/c1-3-22(14-16-9-5-7-11-18(16)20)19(23)17-10-6-4-8-15(17)12-13-21-2/h4-11,21H,3,12-14H2,1-2H3. The zero-order valence-electron chi connectivity index (χ0n) is 13.7. The van der Waals surface area contributed by atoms with Crippen molar-refractivity contribution in [1.82, 2.24) is 10.2 Å². The molecule has 0 heterocycles. The summed E-state index contributed by atoms with van der Waals surface area (Å²) in [5.41, 5.74) is 2.82. The average molecular weight is 331 g/mol. The third kappa shape index (κ3) is 4.57. The molecule has 4 heteroatoms. The fraction of sp³-hybridized carbons (Fsp3) is 0.316. The van der Waals surface area contributed by atoms with E-state index in [0.717, 1.165) is 29.7 Å². The number of likely N-dealkylation sites (N-methyl/N-ethyl adjacent to an activating group) is 1. The average Bonchev–Trinajstić information content (AvgIpc) is 2.59. The van der Waals surface area contributed by atoms with E-state index < -0.39 is 0 Å². The number of carbonyl (C=O) groups is 1.